The molecule has 4 atom stereocenters. The smallest absolute Gasteiger partial charge is 0.309 e. The van der Waals surface area contributed by atoms with Crippen LogP contribution in [0.3, 0.4) is 0 Å². The number of fused-ring (bicyclic) bond motifs is 1. The molecule has 0 spiro atoms. The fourth-order valence-corrected chi connectivity index (χ4v) is 2.87. The number of carbonyl (C=O) groups is 2. The van der Waals surface area contributed by atoms with Crippen molar-refractivity contribution in [3.63, 3.8) is 0 Å². The zero-order valence-electron chi connectivity index (χ0n) is 11.3. The summed E-state index contributed by atoms with van der Waals surface area (Å²) in [5.41, 5.74) is 1.72. The van der Waals surface area contributed by atoms with Crippen molar-refractivity contribution in [3.8, 4) is 0 Å². The lowest BCUT2D eigenvalue weighted by Gasteiger charge is -2.24. The maximum Gasteiger partial charge on any atom is 0.309 e. The fourth-order valence-electron chi connectivity index (χ4n) is 2.87. The SMILES string of the molecule is C/C1=C\[C@H]2OC(=O)[C@@H](C)[C@@H]2[C@H](O)C/C(C=O)=C\CC1. The van der Waals surface area contributed by atoms with Crippen molar-refractivity contribution in [2.75, 3.05) is 0 Å². The van der Waals surface area contributed by atoms with Crippen molar-refractivity contribution in [2.24, 2.45) is 11.8 Å². The van der Waals surface area contributed by atoms with Crippen molar-refractivity contribution in [3.05, 3.63) is 23.3 Å². The van der Waals surface area contributed by atoms with Crippen LogP contribution in [0, 0.1) is 11.8 Å². The minimum absolute atomic E-state index is 0.269. The number of aldehydes is 1. The lowest BCUT2D eigenvalue weighted by Crippen LogP contribution is -2.32. The largest absolute Gasteiger partial charge is 0.457 e. The molecule has 1 N–H and O–H groups in total. The molecular formula is C15H20O4. The summed E-state index contributed by atoms with van der Waals surface area (Å²) in [5.74, 6) is -0.880. The molecule has 2 aliphatic rings. The second-order valence-corrected chi connectivity index (χ2v) is 5.49. The topological polar surface area (TPSA) is 63.6 Å². The van der Waals surface area contributed by atoms with E-state index in [1.54, 1.807) is 6.92 Å². The Kier molecular flexibility index (Phi) is 4.20. The normalized spacial score (nSPS) is 41.3. The number of aliphatic hydroxyl groups excluding tert-OH is 1. The highest BCUT2D eigenvalue weighted by molar-refractivity contribution is 5.76. The lowest BCUT2D eigenvalue weighted by molar-refractivity contribution is -0.142. The van der Waals surface area contributed by atoms with Crippen LogP contribution >= 0.6 is 0 Å². The van der Waals surface area contributed by atoms with E-state index in [1.165, 1.54) is 0 Å². The maximum absolute atomic E-state index is 11.7. The van der Waals surface area contributed by atoms with Gasteiger partial charge in [0.2, 0.25) is 0 Å². The number of hydrogen-bond donors (Lipinski definition) is 1. The molecule has 1 aliphatic heterocycles. The van der Waals surface area contributed by atoms with Crippen LogP contribution in [-0.4, -0.2) is 29.6 Å². The van der Waals surface area contributed by atoms with E-state index in [0.29, 0.717) is 12.0 Å². The molecular weight excluding hydrogens is 244 g/mol. The van der Waals surface area contributed by atoms with Gasteiger partial charge in [-0.25, -0.2) is 0 Å². The summed E-state index contributed by atoms with van der Waals surface area (Å²) in [6.45, 7) is 3.76. The van der Waals surface area contributed by atoms with E-state index in [1.807, 2.05) is 19.1 Å². The molecule has 104 valence electrons. The first-order chi connectivity index (χ1) is 9.02. The molecule has 4 nitrogen and oxygen atoms in total. The van der Waals surface area contributed by atoms with E-state index < -0.39 is 6.10 Å². The summed E-state index contributed by atoms with van der Waals surface area (Å²) in [5, 5.41) is 10.3. The third kappa shape index (κ3) is 2.95. The van der Waals surface area contributed by atoms with Crippen LogP contribution in [0.25, 0.3) is 0 Å². The highest BCUT2D eigenvalue weighted by Crippen LogP contribution is 2.35. The maximum atomic E-state index is 11.7. The molecule has 0 unspecified atom stereocenters. The van der Waals surface area contributed by atoms with Crippen molar-refractivity contribution in [2.45, 2.75) is 45.3 Å². The summed E-state index contributed by atoms with van der Waals surface area (Å²) in [6.07, 6.45) is 5.39. The van der Waals surface area contributed by atoms with Crippen molar-refractivity contribution >= 4 is 12.3 Å². The first-order valence-corrected chi connectivity index (χ1v) is 6.73. The van der Waals surface area contributed by atoms with Gasteiger partial charge in [-0.1, -0.05) is 18.6 Å². The van der Waals surface area contributed by atoms with Gasteiger partial charge in [-0.15, -0.1) is 0 Å². The Morgan fingerprint density at radius 2 is 2.21 bits per heavy atom. The summed E-state index contributed by atoms with van der Waals surface area (Å²) < 4.78 is 5.34. The van der Waals surface area contributed by atoms with E-state index in [2.05, 4.69) is 0 Å². The van der Waals surface area contributed by atoms with E-state index in [-0.39, 0.29) is 23.9 Å². The highest BCUT2D eigenvalue weighted by Gasteiger charge is 2.44. The number of carbonyl (C=O) groups excluding carboxylic acids is 2. The van der Waals surface area contributed by atoms with Gasteiger partial charge in [-0.3, -0.25) is 9.59 Å². The predicted molar refractivity (Wildman–Crippen MR) is 70.3 cm³/mol. The molecule has 4 heteroatoms. The first kappa shape index (κ1) is 14.0. The number of ether oxygens (including phenoxy) is 1. The zero-order valence-corrected chi connectivity index (χ0v) is 11.3. The van der Waals surface area contributed by atoms with Crippen LogP contribution in [0.2, 0.25) is 0 Å². The third-order valence-corrected chi connectivity index (χ3v) is 4.02. The molecule has 0 aromatic rings. The summed E-state index contributed by atoms with van der Waals surface area (Å²) in [6, 6.07) is 0. The molecule has 1 fully saturated rings. The first-order valence-electron chi connectivity index (χ1n) is 6.73. The quantitative estimate of drug-likeness (QED) is 0.445. The average Bonchev–Trinajstić information content (AvgIpc) is 2.63. The zero-order chi connectivity index (χ0) is 14.0. The van der Waals surface area contributed by atoms with Crippen LogP contribution in [0.4, 0.5) is 0 Å². The van der Waals surface area contributed by atoms with Gasteiger partial charge in [0.15, 0.2) is 0 Å². The van der Waals surface area contributed by atoms with Gasteiger partial charge in [-0.05, 0) is 31.4 Å². The standard InChI is InChI=1S/C15H20O4/c1-9-4-3-5-11(8-16)7-12(17)14-10(2)15(18)19-13(14)6-9/h5-6,8,10,12-14,17H,3-4,7H2,1-2H3/b9-6+,11-5+/t10-,12+,13+,14+/m0/s1. The van der Waals surface area contributed by atoms with E-state index in [4.69, 9.17) is 4.74 Å². The predicted octanol–water partition coefficient (Wildman–Crippen LogP) is 1.78. The Morgan fingerprint density at radius 1 is 1.47 bits per heavy atom. The van der Waals surface area contributed by atoms with E-state index >= 15 is 0 Å². The van der Waals surface area contributed by atoms with Gasteiger partial charge in [0.05, 0.1) is 12.0 Å². The fraction of sp³-hybridized carbons (Fsp3) is 0.600. The third-order valence-electron chi connectivity index (χ3n) is 4.02. The summed E-state index contributed by atoms with van der Waals surface area (Å²) >= 11 is 0. The second kappa shape index (κ2) is 5.70. The Bertz CT molecular complexity index is 435. The van der Waals surface area contributed by atoms with Crippen molar-refractivity contribution < 1.29 is 19.4 Å². The minimum Gasteiger partial charge on any atom is -0.457 e. The van der Waals surface area contributed by atoms with Gasteiger partial charge in [-0.2, -0.15) is 0 Å². The molecule has 19 heavy (non-hydrogen) atoms. The highest BCUT2D eigenvalue weighted by atomic mass is 16.6. The van der Waals surface area contributed by atoms with E-state index in [0.717, 1.165) is 24.7 Å². The number of aliphatic hydroxyl groups is 1. The second-order valence-electron chi connectivity index (χ2n) is 5.49. The summed E-state index contributed by atoms with van der Waals surface area (Å²) in [4.78, 5) is 22.7. The molecule has 0 radical (unpaired) electrons. The van der Waals surface area contributed by atoms with Crippen molar-refractivity contribution in [1.29, 1.82) is 0 Å². The molecule has 0 saturated carbocycles. The molecule has 0 aromatic heterocycles. The van der Waals surface area contributed by atoms with Crippen molar-refractivity contribution in [1.82, 2.24) is 0 Å². The van der Waals surface area contributed by atoms with Crippen LogP contribution in [-0.2, 0) is 14.3 Å². The van der Waals surface area contributed by atoms with Crippen LogP contribution in [0.15, 0.2) is 23.3 Å². The van der Waals surface area contributed by atoms with Crippen LogP contribution in [0.5, 0.6) is 0 Å². The molecule has 0 bridgehead atoms. The average molecular weight is 264 g/mol. The van der Waals surface area contributed by atoms with Crippen LogP contribution in [0.1, 0.15) is 33.1 Å². The molecule has 2 rings (SSSR count). The lowest BCUT2D eigenvalue weighted by atomic mass is 9.82. The Labute approximate surface area is 113 Å². The monoisotopic (exact) mass is 264 g/mol. The molecule has 0 amide bonds. The Hall–Kier alpha value is -1.42. The molecule has 0 aromatic carbocycles. The molecule has 1 heterocycles. The minimum atomic E-state index is -0.731. The summed E-state index contributed by atoms with van der Waals surface area (Å²) in [7, 11) is 0. The van der Waals surface area contributed by atoms with Gasteiger partial charge in [0, 0.05) is 12.3 Å². The van der Waals surface area contributed by atoms with Crippen LogP contribution < -0.4 is 0 Å². The number of allylic oxidation sites excluding steroid dienone is 2. The van der Waals surface area contributed by atoms with Gasteiger partial charge < -0.3 is 9.84 Å². The Morgan fingerprint density at radius 3 is 2.89 bits per heavy atom. The number of hydrogen-bond acceptors (Lipinski definition) is 4. The Balaban J connectivity index is 2.31. The number of rotatable bonds is 1. The number of esters is 1. The van der Waals surface area contributed by atoms with Gasteiger partial charge in [0.1, 0.15) is 12.4 Å². The van der Waals surface area contributed by atoms with E-state index in [9.17, 15) is 14.7 Å². The molecule has 1 saturated heterocycles. The van der Waals surface area contributed by atoms with Gasteiger partial charge in [0.25, 0.3) is 0 Å². The van der Waals surface area contributed by atoms with Gasteiger partial charge >= 0.3 is 5.97 Å². The molecule has 1 aliphatic carbocycles.